The number of esters is 1. The van der Waals surface area contributed by atoms with Crippen LogP contribution in [0.3, 0.4) is 0 Å². The lowest BCUT2D eigenvalue weighted by Crippen LogP contribution is -2.34. The van der Waals surface area contributed by atoms with Gasteiger partial charge in [-0.3, -0.25) is 0 Å². The molecule has 0 saturated carbocycles. The van der Waals surface area contributed by atoms with Crippen LogP contribution in [0.2, 0.25) is 0 Å². The fraction of sp³-hybridized carbons (Fsp3) is 0.800. The van der Waals surface area contributed by atoms with E-state index in [1.807, 2.05) is 0 Å². The van der Waals surface area contributed by atoms with Crippen LogP contribution in [0.4, 0.5) is 4.39 Å². The number of hydrogen-bond donors (Lipinski definition) is 2. The van der Waals surface area contributed by atoms with Crippen LogP contribution < -0.4 is 0 Å². The fourth-order valence-corrected chi connectivity index (χ4v) is 0.368. The summed E-state index contributed by atoms with van der Waals surface area (Å²) in [5, 5.41) is 16.7. The minimum Gasteiger partial charge on any atom is -0.467 e. The van der Waals surface area contributed by atoms with Crippen molar-refractivity contribution in [1.82, 2.24) is 0 Å². The summed E-state index contributed by atoms with van der Waals surface area (Å²) in [6.07, 6.45) is -3.84. The molecule has 0 aliphatic rings. The van der Waals surface area contributed by atoms with Crippen LogP contribution >= 0.6 is 0 Å². The molecule has 2 N–H and O–H groups in total. The summed E-state index contributed by atoms with van der Waals surface area (Å²) in [4.78, 5) is 10.3. The largest absolute Gasteiger partial charge is 0.467 e. The lowest BCUT2D eigenvalue weighted by Gasteiger charge is -2.09. The van der Waals surface area contributed by atoms with Crippen LogP contribution in [-0.4, -0.2) is 42.2 Å². The van der Waals surface area contributed by atoms with Crippen LogP contribution in [0.1, 0.15) is 0 Å². The second kappa shape index (κ2) is 4.19. The molecule has 2 atom stereocenters. The van der Waals surface area contributed by atoms with Gasteiger partial charge in [0.15, 0.2) is 12.3 Å². The summed E-state index contributed by atoms with van der Waals surface area (Å²) >= 11 is 0. The molecule has 0 heterocycles. The van der Waals surface area contributed by atoms with E-state index in [4.69, 9.17) is 10.2 Å². The monoisotopic (exact) mass is 152 g/mol. The summed E-state index contributed by atoms with van der Waals surface area (Å²) in [5.74, 6) is -1.08. The standard InChI is InChI=1S/C5H9FO4/c1-10-5(9)4(8)3(6)2-7/h3-4,7-8H,2H2,1H3/t3-,4-/m0/s1. The van der Waals surface area contributed by atoms with Crippen molar-refractivity contribution in [2.75, 3.05) is 13.7 Å². The Morgan fingerprint density at radius 3 is 2.60 bits per heavy atom. The molecule has 0 bridgehead atoms. The normalized spacial score (nSPS) is 16.0. The molecule has 60 valence electrons. The number of methoxy groups -OCH3 is 1. The first kappa shape index (κ1) is 9.32. The van der Waals surface area contributed by atoms with E-state index in [0.717, 1.165) is 7.11 Å². The highest BCUT2D eigenvalue weighted by atomic mass is 19.1. The molecule has 4 nitrogen and oxygen atoms in total. The molecule has 0 aliphatic carbocycles. The van der Waals surface area contributed by atoms with Gasteiger partial charge in [-0.05, 0) is 0 Å². The lowest BCUT2D eigenvalue weighted by molar-refractivity contribution is -0.154. The van der Waals surface area contributed by atoms with Crippen LogP contribution in [0, 0.1) is 0 Å². The number of carbonyl (C=O) groups excluding carboxylic acids is 1. The van der Waals surface area contributed by atoms with Crippen molar-refractivity contribution in [3.05, 3.63) is 0 Å². The van der Waals surface area contributed by atoms with E-state index in [0.29, 0.717) is 0 Å². The summed E-state index contributed by atoms with van der Waals surface area (Å²) in [6.45, 7) is -0.893. The Kier molecular flexibility index (Phi) is 3.90. The van der Waals surface area contributed by atoms with E-state index >= 15 is 0 Å². The maximum Gasteiger partial charge on any atom is 0.337 e. The van der Waals surface area contributed by atoms with Gasteiger partial charge in [-0.1, -0.05) is 0 Å². The van der Waals surface area contributed by atoms with E-state index < -0.39 is 24.9 Å². The molecule has 0 aliphatic heterocycles. The van der Waals surface area contributed by atoms with Gasteiger partial charge in [0, 0.05) is 0 Å². The van der Waals surface area contributed by atoms with E-state index in [1.165, 1.54) is 0 Å². The molecule has 0 saturated heterocycles. The first-order valence-corrected chi connectivity index (χ1v) is 2.64. The third-order valence-electron chi connectivity index (χ3n) is 0.960. The van der Waals surface area contributed by atoms with Gasteiger partial charge in [0.1, 0.15) is 0 Å². The summed E-state index contributed by atoms with van der Waals surface area (Å²) in [6, 6.07) is 0. The Morgan fingerprint density at radius 2 is 2.30 bits per heavy atom. The van der Waals surface area contributed by atoms with Crippen molar-refractivity contribution in [3.8, 4) is 0 Å². The quantitative estimate of drug-likeness (QED) is 0.501. The first-order chi connectivity index (χ1) is 4.63. The molecule has 0 aromatic carbocycles. The molecule has 0 unspecified atom stereocenters. The summed E-state index contributed by atoms with van der Waals surface area (Å²) < 4.78 is 16.2. The molecule has 0 aromatic rings. The number of aliphatic hydroxyl groups is 2. The zero-order valence-electron chi connectivity index (χ0n) is 5.45. The van der Waals surface area contributed by atoms with Crippen molar-refractivity contribution >= 4 is 5.97 Å². The Bertz CT molecular complexity index is 116. The van der Waals surface area contributed by atoms with E-state index in [1.54, 1.807) is 0 Å². The Morgan fingerprint density at radius 1 is 1.80 bits per heavy atom. The lowest BCUT2D eigenvalue weighted by atomic mass is 10.2. The topological polar surface area (TPSA) is 66.8 Å². The van der Waals surface area contributed by atoms with Crippen molar-refractivity contribution < 1.29 is 24.1 Å². The van der Waals surface area contributed by atoms with Crippen molar-refractivity contribution in [2.24, 2.45) is 0 Å². The smallest absolute Gasteiger partial charge is 0.337 e. The number of halogens is 1. The maximum absolute atomic E-state index is 12.2. The summed E-state index contributed by atoms with van der Waals surface area (Å²) in [7, 11) is 1.02. The predicted octanol–water partition coefficient (Wildman–Crippen LogP) is -1.15. The van der Waals surface area contributed by atoms with E-state index in [2.05, 4.69) is 4.74 Å². The fourth-order valence-electron chi connectivity index (χ4n) is 0.368. The average molecular weight is 152 g/mol. The van der Waals surface area contributed by atoms with Crippen LogP contribution in [-0.2, 0) is 9.53 Å². The van der Waals surface area contributed by atoms with Crippen LogP contribution in [0.5, 0.6) is 0 Å². The second-order valence-electron chi connectivity index (χ2n) is 1.67. The van der Waals surface area contributed by atoms with Gasteiger partial charge in [-0.25, -0.2) is 9.18 Å². The summed E-state index contributed by atoms with van der Waals surface area (Å²) in [5.41, 5.74) is 0. The Labute approximate surface area is 57.2 Å². The molecule has 0 radical (unpaired) electrons. The molecule has 0 spiro atoms. The SMILES string of the molecule is COC(=O)[C@@H](O)[C@@H](F)CO. The maximum atomic E-state index is 12.2. The van der Waals surface area contributed by atoms with E-state index in [-0.39, 0.29) is 0 Å². The van der Waals surface area contributed by atoms with Gasteiger partial charge < -0.3 is 14.9 Å². The van der Waals surface area contributed by atoms with Crippen molar-refractivity contribution in [2.45, 2.75) is 12.3 Å². The highest BCUT2D eigenvalue weighted by Crippen LogP contribution is 1.99. The molecule has 0 fully saturated rings. The molecule has 5 heteroatoms. The third-order valence-corrected chi connectivity index (χ3v) is 0.960. The van der Waals surface area contributed by atoms with Gasteiger partial charge in [0.2, 0.25) is 0 Å². The number of hydrogen-bond acceptors (Lipinski definition) is 4. The highest BCUT2D eigenvalue weighted by molar-refractivity contribution is 5.74. The average Bonchev–Trinajstić information content (AvgIpc) is 2.00. The number of aliphatic hydroxyl groups excluding tert-OH is 2. The van der Waals surface area contributed by atoms with Gasteiger partial charge >= 0.3 is 5.97 Å². The molecule has 0 rings (SSSR count). The zero-order chi connectivity index (χ0) is 8.15. The Hall–Kier alpha value is -0.680. The zero-order valence-corrected chi connectivity index (χ0v) is 5.45. The van der Waals surface area contributed by atoms with Crippen LogP contribution in [0.25, 0.3) is 0 Å². The molecular formula is C5H9FO4. The number of rotatable bonds is 3. The van der Waals surface area contributed by atoms with E-state index in [9.17, 15) is 9.18 Å². The number of alkyl halides is 1. The van der Waals surface area contributed by atoms with Crippen molar-refractivity contribution in [3.63, 3.8) is 0 Å². The molecule has 10 heavy (non-hydrogen) atoms. The minimum atomic E-state index is -1.97. The highest BCUT2D eigenvalue weighted by Gasteiger charge is 2.25. The van der Waals surface area contributed by atoms with Gasteiger partial charge in [0.25, 0.3) is 0 Å². The number of carbonyl (C=O) groups is 1. The van der Waals surface area contributed by atoms with Crippen LogP contribution in [0.15, 0.2) is 0 Å². The molecular weight excluding hydrogens is 143 g/mol. The Balaban J connectivity index is 3.81. The predicted molar refractivity (Wildman–Crippen MR) is 30.0 cm³/mol. The molecule has 0 aromatic heterocycles. The first-order valence-electron chi connectivity index (χ1n) is 2.64. The third kappa shape index (κ3) is 2.28. The van der Waals surface area contributed by atoms with Crippen molar-refractivity contribution in [1.29, 1.82) is 0 Å². The minimum absolute atomic E-state index is 0.893. The van der Waals surface area contributed by atoms with Gasteiger partial charge in [0.05, 0.1) is 13.7 Å². The molecule has 0 amide bonds. The number of ether oxygens (including phenoxy) is 1. The second-order valence-corrected chi connectivity index (χ2v) is 1.67. The van der Waals surface area contributed by atoms with Gasteiger partial charge in [-0.15, -0.1) is 0 Å². The van der Waals surface area contributed by atoms with Gasteiger partial charge in [-0.2, -0.15) is 0 Å².